The topological polar surface area (TPSA) is 86.5 Å². The van der Waals surface area contributed by atoms with Gasteiger partial charge in [0.15, 0.2) is 0 Å². The van der Waals surface area contributed by atoms with Crippen LogP contribution in [0.4, 0.5) is 0 Å². The first-order chi connectivity index (χ1) is 7.37. The fourth-order valence-corrected chi connectivity index (χ4v) is 1.61. The number of hydrogen-bond acceptors (Lipinski definition) is 4. The molecule has 0 fully saturated rings. The second kappa shape index (κ2) is 4.98. The Balaban J connectivity index is 2.64. The molecule has 1 aromatic carbocycles. The Labute approximate surface area is 94.3 Å². The number of primary amides is 1. The van der Waals surface area contributed by atoms with E-state index in [1.807, 2.05) is 0 Å². The first kappa shape index (κ1) is 12.5. The highest BCUT2D eigenvalue weighted by atomic mass is 32.2. The molecule has 0 spiro atoms. The largest absolute Gasteiger partial charge is 0.383 e. The quantitative estimate of drug-likeness (QED) is 0.760. The van der Waals surface area contributed by atoms with Crippen molar-refractivity contribution >= 4 is 16.0 Å². The van der Waals surface area contributed by atoms with Crippen molar-refractivity contribution < 1.29 is 17.4 Å². The van der Waals surface area contributed by atoms with E-state index in [9.17, 15) is 13.2 Å². The van der Waals surface area contributed by atoms with E-state index in [4.69, 9.17) is 5.73 Å². The molecule has 1 rings (SSSR count). The van der Waals surface area contributed by atoms with Crippen molar-refractivity contribution in [2.24, 2.45) is 5.73 Å². The molecule has 88 valence electrons. The van der Waals surface area contributed by atoms with Gasteiger partial charge >= 0.3 is 10.1 Å². The van der Waals surface area contributed by atoms with Crippen molar-refractivity contribution in [3.8, 4) is 5.75 Å². The lowest BCUT2D eigenvalue weighted by Gasteiger charge is -2.03. The minimum absolute atomic E-state index is 0.255. The summed E-state index contributed by atoms with van der Waals surface area (Å²) in [5, 5.41) is 0. The zero-order valence-corrected chi connectivity index (χ0v) is 9.66. The summed E-state index contributed by atoms with van der Waals surface area (Å²) >= 11 is 0. The molecule has 0 bridgehead atoms. The monoisotopic (exact) mass is 243 g/mol. The van der Waals surface area contributed by atoms with Gasteiger partial charge in [-0.3, -0.25) is 4.79 Å². The van der Waals surface area contributed by atoms with Crippen molar-refractivity contribution in [2.45, 2.75) is 12.8 Å². The average molecular weight is 243 g/mol. The van der Waals surface area contributed by atoms with Crippen LogP contribution in [0.5, 0.6) is 5.75 Å². The third-order valence-corrected chi connectivity index (χ3v) is 2.33. The van der Waals surface area contributed by atoms with Crippen LogP contribution in [0.2, 0.25) is 0 Å². The summed E-state index contributed by atoms with van der Waals surface area (Å²) in [4.78, 5) is 10.5. The Kier molecular flexibility index (Phi) is 3.89. The van der Waals surface area contributed by atoms with E-state index in [-0.39, 0.29) is 18.1 Å². The number of rotatable bonds is 5. The van der Waals surface area contributed by atoms with Crippen LogP contribution in [0.1, 0.15) is 12.0 Å². The number of nitrogens with two attached hydrogens (primary N) is 1. The van der Waals surface area contributed by atoms with Crippen LogP contribution in [0.3, 0.4) is 0 Å². The van der Waals surface area contributed by atoms with Crippen molar-refractivity contribution in [3.63, 3.8) is 0 Å². The molecule has 0 heterocycles. The lowest BCUT2D eigenvalue weighted by molar-refractivity contribution is -0.117. The van der Waals surface area contributed by atoms with Gasteiger partial charge in [0.2, 0.25) is 5.91 Å². The molecule has 16 heavy (non-hydrogen) atoms. The summed E-state index contributed by atoms with van der Waals surface area (Å²) in [5.41, 5.74) is 5.91. The highest BCUT2D eigenvalue weighted by Gasteiger charge is 2.04. The molecule has 2 N–H and O–H groups in total. The molecule has 0 radical (unpaired) electrons. The van der Waals surface area contributed by atoms with E-state index >= 15 is 0 Å². The number of aryl methyl sites for hydroxylation is 1. The third-order valence-electron chi connectivity index (χ3n) is 1.83. The third kappa shape index (κ3) is 4.79. The minimum atomic E-state index is -3.49. The molecule has 0 aliphatic heterocycles. The lowest BCUT2D eigenvalue weighted by Crippen LogP contribution is -2.11. The molecule has 0 aliphatic rings. The minimum Gasteiger partial charge on any atom is -0.383 e. The summed E-state index contributed by atoms with van der Waals surface area (Å²) in [6.45, 7) is 0. The molecule has 0 aromatic heterocycles. The van der Waals surface area contributed by atoms with E-state index in [2.05, 4.69) is 4.18 Å². The van der Waals surface area contributed by atoms with E-state index in [0.717, 1.165) is 11.8 Å². The molecule has 0 atom stereocenters. The maximum Gasteiger partial charge on any atom is 0.306 e. The van der Waals surface area contributed by atoms with Gasteiger partial charge in [-0.05, 0) is 24.1 Å². The summed E-state index contributed by atoms with van der Waals surface area (Å²) < 4.78 is 26.3. The number of benzene rings is 1. The maximum atomic E-state index is 10.8. The summed E-state index contributed by atoms with van der Waals surface area (Å²) in [6.07, 6.45) is 1.79. The van der Waals surface area contributed by atoms with Crippen molar-refractivity contribution in [3.05, 3.63) is 29.8 Å². The normalized spacial score (nSPS) is 11.1. The van der Waals surface area contributed by atoms with Gasteiger partial charge in [0.05, 0.1) is 6.26 Å². The zero-order valence-electron chi connectivity index (χ0n) is 8.84. The molecule has 0 aliphatic carbocycles. The van der Waals surface area contributed by atoms with Crippen LogP contribution in [0.15, 0.2) is 24.3 Å². The second-order valence-electron chi connectivity index (χ2n) is 3.40. The van der Waals surface area contributed by atoms with Gasteiger partial charge in [-0.1, -0.05) is 12.1 Å². The van der Waals surface area contributed by atoms with Crippen molar-refractivity contribution in [1.82, 2.24) is 0 Å². The predicted molar refractivity (Wildman–Crippen MR) is 59.4 cm³/mol. The Bertz CT molecular complexity index is 464. The lowest BCUT2D eigenvalue weighted by atomic mass is 10.1. The predicted octanol–water partition coefficient (Wildman–Crippen LogP) is 0.443. The van der Waals surface area contributed by atoms with Crippen LogP contribution in [0.25, 0.3) is 0 Å². The molecule has 1 amide bonds. The van der Waals surface area contributed by atoms with Crippen molar-refractivity contribution in [2.75, 3.05) is 6.26 Å². The van der Waals surface area contributed by atoms with E-state index in [1.54, 1.807) is 12.1 Å². The average Bonchev–Trinajstić information content (AvgIpc) is 2.14. The van der Waals surface area contributed by atoms with Crippen LogP contribution in [-0.2, 0) is 21.3 Å². The molecule has 1 aromatic rings. The van der Waals surface area contributed by atoms with E-state index < -0.39 is 10.1 Å². The van der Waals surface area contributed by atoms with Gasteiger partial charge in [-0.2, -0.15) is 8.42 Å². The van der Waals surface area contributed by atoms with Crippen molar-refractivity contribution in [1.29, 1.82) is 0 Å². The number of carbonyl (C=O) groups is 1. The number of hydrogen-bond donors (Lipinski definition) is 1. The van der Waals surface area contributed by atoms with Crippen LogP contribution >= 0.6 is 0 Å². The van der Waals surface area contributed by atoms with E-state index in [1.165, 1.54) is 12.1 Å². The number of carbonyl (C=O) groups excluding carboxylic acids is 1. The highest BCUT2D eigenvalue weighted by Crippen LogP contribution is 2.14. The van der Waals surface area contributed by atoms with Gasteiger partial charge in [-0.15, -0.1) is 0 Å². The SMILES string of the molecule is CS(=O)(=O)Oc1ccc(CCC(N)=O)cc1. The van der Waals surface area contributed by atoms with Gasteiger partial charge in [-0.25, -0.2) is 0 Å². The molecule has 5 nitrogen and oxygen atoms in total. The summed E-state index contributed by atoms with van der Waals surface area (Å²) in [5.74, 6) is -0.109. The number of amides is 1. The van der Waals surface area contributed by atoms with Crippen LogP contribution < -0.4 is 9.92 Å². The molecule has 0 unspecified atom stereocenters. The summed E-state index contributed by atoms with van der Waals surface area (Å²) in [7, 11) is -3.49. The first-order valence-electron chi connectivity index (χ1n) is 4.63. The first-order valence-corrected chi connectivity index (χ1v) is 6.45. The van der Waals surface area contributed by atoms with Gasteiger partial charge < -0.3 is 9.92 Å². The fourth-order valence-electron chi connectivity index (χ4n) is 1.15. The second-order valence-corrected chi connectivity index (χ2v) is 4.97. The molecular weight excluding hydrogens is 230 g/mol. The fraction of sp³-hybridized carbons (Fsp3) is 0.300. The summed E-state index contributed by atoms with van der Waals surface area (Å²) in [6, 6.07) is 6.47. The Hall–Kier alpha value is -1.56. The molecule has 6 heteroatoms. The van der Waals surface area contributed by atoms with Gasteiger partial charge in [0, 0.05) is 6.42 Å². The molecule has 0 saturated heterocycles. The van der Waals surface area contributed by atoms with Gasteiger partial charge in [0.25, 0.3) is 0 Å². The Morgan fingerprint density at radius 1 is 1.31 bits per heavy atom. The van der Waals surface area contributed by atoms with Crippen LogP contribution in [0, 0.1) is 0 Å². The van der Waals surface area contributed by atoms with E-state index in [0.29, 0.717) is 6.42 Å². The van der Waals surface area contributed by atoms with Crippen LogP contribution in [-0.4, -0.2) is 20.6 Å². The zero-order chi connectivity index (χ0) is 12.2. The van der Waals surface area contributed by atoms with Gasteiger partial charge in [0.1, 0.15) is 5.75 Å². The standard InChI is InChI=1S/C10H13NO4S/c1-16(13,14)15-9-5-2-8(3-6-9)4-7-10(11)12/h2-3,5-6H,4,7H2,1H3,(H2,11,12). The smallest absolute Gasteiger partial charge is 0.306 e. The maximum absolute atomic E-state index is 10.8. The molecular formula is C10H13NO4S. The molecule has 0 saturated carbocycles. The Morgan fingerprint density at radius 3 is 2.31 bits per heavy atom. The Morgan fingerprint density at radius 2 is 1.88 bits per heavy atom. The highest BCUT2D eigenvalue weighted by molar-refractivity contribution is 7.86.